The van der Waals surface area contributed by atoms with E-state index in [1.165, 1.54) is 11.3 Å². The molecule has 0 aliphatic carbocycles. The number of rotatable bonds is 17. The second-order valence-corrected chi connectivity index (χ2v) is 8.99. The molecule has 1 aromatic carbocycles. The molecule has 0 aromatic heterocycles. The number of anilines is 1. The summed E-state index contributed by atoms with van der Waals surface area (Å²) >= 11 is 0. The van der Waals surface area contributed by atoms with E-state index in [-0.39, 0.29) is 12.2 Å². The Bertz CT molecular complexity index is 560. The van der Waals surface area contributed by atoms with Crippen LogP contribution < -0.4 is 4.90 Å². The van der Waals surface area contributed by atoms with Gasteiger partial charge in [-0.25, -0.2) is 0 Å². The van der Waals surface area contributed by atoms with Crippen molar-refractivity contribution in [3.05, 3.63) is 29.8 Å². The van der Waals surface area contributed by atoms with Gasteiger partial charge in [0.1, 0.15) is 6.54 Å². The second kappa shape index (κ2) is 14.8. The molecule has 0 radical (unpaired) electrons. The normalized spacial score (nSPS) is 13.1. The smallest absolute Gasteiger partial charge is 0.102 e. The Labute approximate surface area is 184 Å². The molecule has 0 aliphatic rings. The van der Waals surface area contributed by atoms with Crippen LogP contribution in [0, 0.1) is 6.92 Å². The van der Waals surface area contributed by atoms with Gasteiger partial charge in [-0.15, -0.1) is 0 Å². The summed E-state index contributed by atoms with van der Waals surface area (Å²) in [5.41, 5.74) is 2.48. The Morgan fingerprint density at radius 2 is 1.60 bits per heavy atom. The summed E-state index contributed by atoms with van der Waals surface area (Å²) in [4.78, 5) is 2.34. The Balaban J connectivity index is 2.36. The average molecular weight is 426 g/mol. The lowest BCUT2D eigenvalue weighted by molar-refractivity contribution is -0.870. The summed E-state index contributed by atoms with van der Waals surface area (Å²) in [6.45, 7) is 14.8. The van der Waals surface area contributed by atoms with Gasteiger partial charge in [0.25, 0.3) is 0 Å². The van der Waals surface area contributed by atoms with Crippen LogP contribution in [0.5, 0.6) is 0 Å². The highest BCUT2D eigenvalue weighted by Crippen LogP contribution is 2.17. The van der Waals surface area contributed by atoms with Crippen molar-refractivity contribution in [1.29, 1.82) is 0 Å². The number of quaternary nitrogens is 1. The highest BCUT2D eigenvalue weighted by molar-refractivity contribution is 5.48. The third-order valence-electron chi connectivity index (χ3n) is 4.65. The van der Waals surface area contributed by atoms with E-state index in [1.807, 2.05) is 0 Å². The van der Waals surface area contributed by atoms with Crippen molar-refractivity contribution in [3.8, 4) is 0 Å². The van der Waals surface area contributed by atoms with Crippen LogP contribution in [0.2, 0.25) is 0 Å². The molecule has 30 heavy (non-hydrogen) atoms. The zero-order valence-corrected chi connectivity index (χ0v) is 20.4. The molecule has 0 saturated carbocycles. The topological polar surface area (TPSA) is 40.2 Å². The van der Waals surface area contributed by atoms with Gasteiger partial charge in [-0.05, 0) is 45.4 Å². The fraction of sp³-hybridized carbons (Fsp3) is 0.750. The number of aryl methyl sites for hydroxylation is 1. The lowest BCUT2D eigenvalue weighted by atomic mass is 10.2. The molecule has 174 valence electrons. The SMILES string of the molecule is CCN(CC(COC(C)C)OCCOCCOCC[N+](C)(C)C)c1cccc(C)c1. The number of likely N-dealkylation sites (N-methyl/N-ethyl adjacent to an activating group) is 2. The lowest BCUT2D eigenvalue weighted by Crippen LogP contribution is -2.38. The Hall–Kier alpha value is -1.18. The van der Waals surface area contributed by atoms with Crippen molar-refractivity contribution in [2.75, 3.05) is 85.3 Å². The summed E-state index contributed by atoms with van der Waals surface area (Å²) in [5.74, 6) is 0. The highest BCUT2D eigenvalue weighted by atomic mass is 16.6. The first-order valence-electron chi connectivity index (χ1n) is 11.2. The average Bonchev–Trinajstić information content (AvgIpc) is 2.67. The van der Waals surface area contributed by atoms with Gasteiger partial charge in [0, 0.05) is 18.8 Å². The van der Waals surface area contributed by atoms with Crippen molar-refractivity contribution in [2.24, 2.45) is 0 Å². The van der Waals surface area contributed by atoms with E-state index in [2.05, 4.69) is 78.0 Å². The minimum atomic E-state index is -0.00253. The summed E-state index contributed by atoms with van der Waals surface area (Å²) in [5, 5.41) is 0. The molecule has 6 nitrogen and oxygen atoms in total. The van der Waals surface area contributed by atoms with Crippen LogP contribution >= 0.6 is 0 Å². The molecule has 1 rings (SSSR count). The number of nitrogens with zero attached hydrogens (tertiary/aromatic N) is 2. The van der Waals surface area contributed by atoms with Crippen molar-refractivity contribution in [3.63, 3.8) is 0 Å². The van der Waals surface area contributed by atoms with Gasteiger partial charge in [0.15, 0.2) is 0 Å². The fourth-order valence-corrected chi connectivity index (χ4v) is 2.87. The van der Waals surface area contributed by atoms with Crippen LogP contribution in [0.15, 0.2) is 24.3 Å². The van der Waals surface area contributed by atoms with Gasteiger partial charge in [0.05, 0.1) is 73.0 Å². The zero-order chi connectivity index (χ0) is 22.4. The minimum absolute atomic E-state index is 0.00253. The predicted octanol–water partition coefficient (Wildman–Crippen LogP) is 3.37. The summed E-state index contributed by atoms with van der Waals surface area (Å²) in [7, 11) is 6.49. The third kappa shape index (κ3) is 13.2. The Morgan fingerprint density at radius 1 is 0.933 bits per heavy atom. The molecule has 0 amide bonds. The van der Waals surface area contributed by atoms with E-state index >= 15 is 0 Å². The number of ether oxygens (including phenoxy) is 4. The van der Waals surface area contributed by atoms with E-state index in [9.17, 15) is 0 Å². The van der Waals surface area contributed by atoms with Gasteiger partial charge in [0.2, 0.25) is 0 Å². The van der Waals surface area contributed by atoms with Crippen molar-refractivity contribution in [1.82, 2.24) is 0 Å². The van der Waals surface area contributed by atoms with E-state index in [4.69, 9.17) is 18.9 Å². The van der Waals surface area contributed by atoms with Crippen LogP contribution in [-0.2, 0) is 18.9 Å². The van der Waals surface area contributed by atoms with Gasteiger partial charge in [-0.2, -0.15) is 0 Å². The molecule has 0 heterocycles. The summed E-state index contributed by atoms with van der Waals surface area (Å²) in [6, 6.07) is 8.59. The van der Waals surface area contributed by atoms with Gasteiger partial charge >= 0.3 is 0 Å². The fourth-order valence-electron chi connectivity index (χ4n) is 2.87. The van der Waals surface area contributed by atoms with Gasteiger partial charge in [-0.1, -0.05) is 12.1 Å². The first-order valence-corrected chi connectivity index (χ1v) is 11.2. The molecule has 0 bridgehead atoms. The molecule has 0 saturated heterocycles. The van der Waals surface area contributed by atoms with Crippen LogP contribution in [0.3, 0.4) is 0 Å². The second-order valence-electron chi connectivity index (χ2n) is 8.99. The maximum Gasteiger partial charge on any atom is 0.102 e. The molecule has 0 aliphatic heterocycles. The molecule has 6 heteroatoms. The van der Waals surface area contributed by atoms with Gasteiger partial charge in [-0.3, -0.25) is 0 Å². The Kier molecular flexibility index (Phi) is 13.2. The third-order valence-corrected chi connectivity index (χ3v) is 4.65. The monoisotopic (exact) mass is 425 g/mol. The number of hydrogen-bond acceptors (Lipinski definition) is 5. The Morgan fingerprint density at radius 3 is 2.20 bits per heavy atom. The van der Waals surface area contributed by atoms with Crippen LogP contribution in [0.25, 0.3) is 0 Å². The van der Waals surface area contributed by atoms with E-state index < -0.39 is 0 Å². The standard InChI is InChI=1S/C24H45N2O4/c1-8-25(23-11-9-10-22(4)18-23)19-24(20-30-21(2)3)29-17-16-28-15-14-27-13-12-26(5,6)7/h9-11,18,21,24H,8,12-17,19-20H2,1-7H3/q+1. The van der Waals surface area contributed by atoms with Crippen molar-refractivity contribution >= 4 is 5.69 Å². The molecule has 0 N–H and O–H groups in total. The molecular formula is C24H45N2O4+. The molecule has 1 atom stereocenters. The summed E-state index contributed by atoms with van der Waals surface area (Å²) in [6.07, 6.45) is 0.183. The first-order chi connectivity index (χ1) is 14.2. The van der Waals surface area contributed by atoms with Crippen molar-refractivity contribution in [2.45, 2.75) is 39.9 Å². The van der Waals surface area contributed by atoms with Crippen LogP contribution in [0.1, 0.15) is 26.3 Å². The molecule has 0 fully saturated rings. The molecular weight excluding hydrogens is 380 g/mol. The van der Waals surface area contributed by atoms with Crippen LogP contribution in [0.4, 0.5) is 5.69 Å². The highest BCUT2D eigenvalue weighted by Gasteiger charge is 2.16. The van der Waals surface area contributed by atoms with Crippen molar-refractivity contribution < 1.29 is 23.4 Å². The molecule has 1 unspecified atom stereocenters. The zero-order valence-electron chi connectivity index (χ0n) is 20.4. The maximum absolute atomic E-state index is 6.11. The number of benzene rings is 1. The van der Waals surface area contributed by atoms with E-state index in [0.717, 1.165) is 30.7 Å². The quantitative estimate of drug-likeness (QED) is 0.283. The van der Waals surface area contributed by atoms with E-state index in [1.54, 1.807) is 0 Å². The predicted molar refractivity (Wildman–Crippen MR) is 124 cm³/mol. The van der Waals surface area contributed by atoms with Gasteiger partial charge < -0.3 is 28.3 Å². The summed E-state index contributed by atoms with van der Waals surface area (Å²) < 4.78 is 24.2. The number of hydrogen-bond donors (Lipinski definition) is 0. The largest absolute Gasteiger partial charge is 0.377 e. The molecule has 0 spiro atoms. The minimum Gasteiger partial charge on any atom is -0.377 e. The first kappa shape index (κ1) is 26.9. The van der Waals surface area contributed by atoms with E-state index in [0.29, 0.717) is 33.0 Å². The maximum atomic E-state index is 6.11. The lowest BCUT2D eigenvalue weighted by Gasteiger charge is -2.29. The van der Waals surface area contributed by atoms with Crippen LogP contribution in [-0.4, -0.2) is 97.1 Å². The molecule has 1 aromatic rings.